The number of benzene rings is 4. The Labute approximate surface area is 196 Å². The number of hydrogen-bond acceptors (Lipinski definition) is 1. The maximum atomic E-state index is 15.4. The van der Waals surface area contributed by atoms with Gasteiger partial charge in [0.1, 0.15) is 18.2 Å². The molecule has 0 amide bonds. The second-order valence-electron chi connectivity index (χ2n) is 8.49. The highest BCUT2D eigenvalue weighted by atomic mass is 19.1. The van der Waals surface area contributed by atoms with E-state index in [0.29, 0.717) is 17.6 Å². The van der Waals surface area contributed by atoms with Crippen LogP contribution in [-0.4, -0.2) is 6.61 Å². The van der Waals surface area contributed by atoms with Crippen molar-refractivity contribution >= 4 is 10.8 Å². The van der Waals surface area contributed by atoms with E-state index in [4.69, 9.17) is 4.74 Å². The van der Waals surface area contributed by atoms with E-state index in [1.165, 1.54) is 31.2 Å². The minimum absolute atomic E-state index is 0.193. The summed E-state index contributed by atoms with van der Waals surface area (Å²) in [5.74, 6) is 0.553. The van der Waals surface area contributed by atoms with Crippen molar-refractivity contribution in [1.29, 1.82) is 0 Å². The summed E-state index contributed by atoms with van der Waals surface area (Å²) in [5, 5.41) is 1.54. The molecular weight excluding hydrogens is 407 g/mol. The monoisotopic (exact) mass is 438 g/mol. The van der Waals surface area contributed by atoms with Gasteiger partial charge in [-0.3, -0.25) is 0 Å². The maximum absolute atomic E-state index is 15.4. The average Bonchev–Trinajstić information content (AvgIpc) is 2.86. The minimum atomic E-state index is -0.193. The molecule has 4 rings (SSSR count). The first-order valence-electron chi connectivity index (χ1n) is 11.9. The van der Waals surface area contributed by atoms with Crippen LogP contribution < -0.4 is 4.74 Å². The van der Waals surface area contributed by atoms with Crippen molar-refractivity contribution < 1.29 is 9.13 Å². The first-order chi connectivity index (χ1) is 16.2. The van der Waals surface area contributed by atoms with Gasteiger partial charge in [0.15, 0.2) is 0 Å². The van der Waals surface area contributed by atoms with Crippen molar-refractivity contribution in [2.45, 2.75) is 39.0 Å². The van der Waals surface area contributed by atoms with E-state index in [1.807, 2.05) is 48.5 Å². The first-order valence-corrected chi connectivity index (χ1v) is 11.9. The van der Waals surface area contributed by atoms with Crippen LogP contribution in [0.2, 0.25) is 0 Å². The molecule has 0 aromatic heterocycles. The molecule has 0 aliphatic heterocycles. The summed E-state index contributed by atoms with van der Waals surface area (Å²) in [7, 11) is 0. The molecule has 0 N–H and O–H groups in total. The fraction of sp³-hybridized carbons (Fsp3) is 0.226. The Kier molecular flexibility index (Phi) is 7.57. The lowest BCUT2D eigenvalue weighted by molar-refractivity contribution is 0.363. The van der Waals surface area contributed by atoms with Gasteiger partial charge in [0.05, 0.1) is 0 Å². The van der Waals surface area contributed by atoms with Crippen LogP contribution in [0.15, 0.2) is 91.5 Å². The van der Waals surface area contributed by atoms with E-state index in [1.54, 1.807) is 6.08 Å². The molecule has 0 aliphatic rings. The summed E-state index contributed by atoms with van der Waals surface area (Å²) in [6, 6.07) is 26.1. The van der Waals surface area contributed by atoms with Gasteiger partial charge < -0.3 is 4.74 Å². The first kappa shape index (κ1) is 22.8. The van der Waals surface area contributed by atoms with Gasteiger partial charge in [-0.15, -0.1) is 0 Å². The third-order valence-corrected chi connectivity index (χ3v) is 6.09. The minimum Gasteiger partial charge on any atom is -0.490 e. The topological polar surface area (TPSA) is 9.23 Å². The lowest BCUT2D eigenvalue weighted by Gasteiger charge is -2.10. The molecule has 0 atom stereocenters. The van der Waals surface area contributed by atoms with Gasteiger partial charge in [-0.1, -0.05) is 99.5 Å². The molecule has 0 aliphatic carbocycles. The van der Waals surface area contributed by atoms with Crippen LogP contribution >= 0.6 is 0 Å². The molecule has 168 valence electrons. The standard InChI is InChI=1S/C31H31FO/c1-3-5-6-7-8-23-9-11-24(12-10-23)26-15-19-30-27(22-26)16-20-29(31(30)32)25-13-17-28(18-14-25)33-21-4-2/h4,9-20,22H,2-3,5-8,21H2,1H3. The van der Waals surface area contributed by atoms with E-state index in [0.717, 1.165) is 34.2 Å². The van der Waals surface area contributed by atoms with Crippen molar-refractivity contribution in [3.8, 4) is 28.0 Å². The van der Waals surface area contributed by atoms with E-state index in [2.05, 4.69) is 43.8 Å². The van der Waals surface area contributed by atoms with Gasteiger partial charge in [0.25, 0.3) is 0 Å². The fourth-order valence-corrected chi connectivity index (χ4v) is 4.20. The molecule has 1 nitrogen and oxygen atoms in total. The second kappa shape index (κ2) is 11.0. The zero-order valence-electron chi connectivity index (χ0n) is 19.3. The third-order valence-electron chi connectivity index (χ3n) is 6.09. The quantitative estimate of drug-likeness (QED) is 0.177. The predicted octanol–water partition coefficient (Wildman–Crippen LogP) is 9.00. The van der Waals surface area contributed by atoms with Crippen LogP contribution in [0.5, 0.6) is 5.75 Å². The Morgan fingerprint density at radius 1 is 0.788 bits per heavy atom. The Balaban J connectivity index is 1.53. The van der Waals surface area contributed by atoms with Gasteiger partial charge in [-0.05, 0) is 58.7 Å². The lowest BCUT2D eigenvalue weighted by Crippen LogP contribution is -1.93. The summed E-state index contributed by atoms with van der Waals surface area (Å²) in [4.78, 5) is 0. The third kappa shape index (κ3) is 5.51. The SMILES string of the molecule is C=CCOc1ccc(-c2ccc3cc(-c4ccc(CCCCCC)cc4)ccc3c2F)cc1. The Bertz CT molecular complexity index is 1210. The van der Waals surface area contributed by atoms with Gasteiger partial charge in [0, 0.05) is 10.9 Å². The number of fused-ring (bicyclic) bond motifs is 1. The van der Waals surface area contributed by atoms with Gasteiger partial charge >= 0.3 is 0 Å². The van der Waals surface area contributed by atoms with Crippen LogP contribution in [0.4, 0.5) is 4.39 Å². The number of ether oxygens (including phenoxy) is 1. The van der Waals surface area contributed by atoms with Gasteiger partial charge in [-0.25, -0.2) is 4.39 Å². The highest BCUT2D eigenvalue weighted by Gasteiger charge is 2.11. The molecule has 0 heterocycles. The molecule has 0 saturated carbocycles. The van der Waals surface area contributed by atoms with Crippen LogP contribution in [0, 0.1) is 5.82 Å². The van der Waals surface area contributed by atoms with Crippen molar-refractivity contribution in [2.24, 2.45) is 0 Å². The molecule has 0 spiro atoms. The molecular formula is C31H31FO. The molecule has 4 aromatic rings. The summed E-state index contributed by atoms with van der Waals surface area (Å²) in [6.45, 7) is 6.34. The zero-order valence-corrected chi connectivity index (χ0v) is 19.3. The summed E-state index contributed by atoms with van der Waals surface area (Å²) < 4.78 is 20.9. The molecule has 4 aromatic carbocycles. The van der Waals surface area contributed by atoms with Crippen LogP contribution in [-0.2, 0) is 6.42 Å². The molecule has 0 unspecified atom stereocenters. The van der Waals surface area contributed by atoms with Crippen molar-refractivity contribution in [2.75, 3.05) is 6.61 Å². The highest BCUT2D eigenvalue weighted by molar-refractivity contribution is 5.91. The normalized spacial score (nSPS) is 11.0. The lowest BCUT2D eigenvalue weighted by atomic mass is 9.96. The zero-order chi connectivity index (χ0) is 23.0. The molecule has 0 saturated heterocycles. The van der Waals surface area contributed by atoms with E-state index in [9.17, 15) is 0 Å². The molecule has 0 bridgehead atoms. The summed E-state index contributed by atoms with van der Waals surface area (Å²) in [5.41, 5.74) is 5.08. The average molecular weight is 439 g/mol. The van der Waals surface area contributed by atoms with E-state index >= 15 is 4.39 Å². The van der Waals surface area contributed by atoms with Gasteiger partial charge in [0.2, 0.25) is 0 Å². The van der Waals surface area contributed by atoms with Crippen LogP contribution in [0.1, 0.15) is 38.2 Å². The van der Waals surface area contributed by atoms with Crippen molar-refractivity contribution in [3.63, 3.8) is 0 Å². The largest absolute Gasteiger partial charge is 0.490 e. The smallest absolute Gasteiger partial charge is 0.138 e. The number of hydrogen-bond donors (Lipinski definition) is 0. The number of unbranched alkanes of at least 4 members (excludes halogenated alkanes) is 3. The number of halogens is 1. The summed E-state index contributed by atoms with van der Waals surface area (Å²) in [6.07, 6.45) is 7.95. The molecule has 2 heteroatoms. The van der Waals surface area contributed by atoms with E-state index < -0.39 is 0 Å². The maximum Gasteiger partial charge on any atom is 0.138 e. The van der Waals surface area contributed by atoms with Crippen LogP contribution in [0.3, 0.4) is 0 Å². The fourth-order valence-electron chi connectivity index (χ4n) is 4.20. The second-order valence-corrected chi connectivity index (χ2v) is 8.49. The molecule has 0 radical (unpaired) electrons. The van der Waals surface area contributed by atoms with Crippen LogP contribution in [0.25, 0.3) is 33.0 Å². The highest BCUT2D eigenvalue weighted by Crippen LogP contribution is 2.32. The number of aryl methyl sites for hydroxylation is 1. The van der Waals surface area contributed by atoms with Gasteiger partial charge in [-0.2, -0.15) is 0 Å². The van der Waals surface area contributed by atoms with Crippen molar-refractivity contribution in [3.05, 3.63) is 103 Å². The molecule has 0 fully saturated rings. The van der Waals surface area contributed by atoms with Crippen molar-refractivity contribution in [1.82, 2.24) is 0 Å². The van der Waals surface area contributed by atoms with E-state index in [-0.39, 0.29) is 5.82 Å². The number of rotatable bonds is 10. The molecule has 33 heavy (non-hydrogen) atoms. The predicted molar refractivity (Wildman–Crippen MR) is 138 cm³/mol. The Hall–Kier alpha value is -3.39. The Morgan fingerprint density at radius 3 is 2.24 bits per heavy atom. The Morgan fingerprint density at radius 2 is 1.52 bits per heavy atom. The summed E-state index contributed by atoms with van der Waals surface area (Å²) >= 11 is 0.